The highest BCUT2D eigenvalue weighted by Crippen LogP contribution is 2.26. The molecule has 3 aromatic rings. The zero-order valence-electron chi connectivity index (χ0n) is 18.1. The lowest BCUT2D eigenvalue weighted by Gasteiger charge is -2.24. The van der Waals surface area contributed by atoms with Crippen molar-refractivity contribution in [1.82, 2.24) is 10.6 Å². The van der Waals surface area contributed by atoms with Crippen LogP contribution in [0.25, 0.3) is 0 Å². The molecule has 7 heteroatoms. The van der Waals surface area contributed by atoms with E-state index in [2.05, 4.69) is 10.6 Å². The zero-order valence-corrected chi connectivity index (χ0v) is 18.9. The van der Waals surface area contributed by atoms with E-state index < -0.39 is 33.7 Å². The summed E-state index contributed by atoms with van der Waals surface area (Å²) >= 11 is 0. The Morgan fingerprint density at radius 2 is 1.21 bits per heavy atom. The largest absolute Gasteiger partial charge is 0.350 e. The van der Waals surface area contributed by atoms with E-state index in [4.69, 9.17) is 0 Å². The number of carbonyl (C=O) groups excluding carboxylic acids is 2. The Hall–Kier alpha value is -3.45. The van der Waals surface area contributed by atoms with E-state index in [1.807, 2.05) is 66.7 Å². The molecule has 33 heavy (non-hydrogen) atoms. The number of nitrogens with one attached hydrogen (secondary N) is 2. The molecule has 0 aromatic heterocycles. The molecule has 2 atom stereocenters. The van der Waals surface area contributed by atoms with Gasteiger partial charge in [-0.2, -0.15) is 0 Å². The molecule has 170 valence electrons. The molecule has 2 amide bonds. The normalized spacial score (nSPS) is 17.9. The molecule has 1 heterocycles. The van der Waals surface area contributed by atoms with E-state index in [-0.39, 0.29) is 17.4 Å². The van der Waals surface area contributed by atoms with Gasteiger partial charge in [-0.05, 0) is 23.1 Å². The van der Waals surface area contributed by atoms with Crippen molar-refractivity contribution >= 4 is 21.7 Å². The van der Waals surface area contributed by atoms with Crippen molar-refractivity contribution in [3.8, 4) is 0 Å². The highest BCUT2D eigenvalue weighted by Gasteiger charge is 2.33. The number of benzene rings is 3. The molecule has 1 fully saturated rings. The number of rotatable bonds is 7. The molecule has 0 bridgehead atoms. The van der Waals surface area contributed by atoms with Gasteiger partial charge < -0.3 is 10.6 Å². The molecule has 3 aromatic carbocycles. The van der Waals surface area contributed by atoms with Gasteiger partial charge in [0.05, 0.1) is 17.4 Å². The van der Waals surface area contributed by atoms with Crippen LogP contribution in [0.3, 0.4) is 0 Å². The minimum Gasteiger partial charge on any atom is -0.350 e. The number of hydrogen-bond acceptors (Lipinski definition) is 4. The molecule has 4 rings (SSSR count). The zero-order chi connectivity index (χ0) is 23.3. The summed E-state index contributed by atoms with van der Waals surface area (Å²) in [6, 6.07) is 26.4. The Bertz CT molecular complexity index is 1160. The van der Waals surface area contributed by atoms with Gasteiger partial charge in [-0.15, -0.1) is 0 Å². The first-order valence-electron chi connectivity index (χ1n) is 10.9. The van der Waals surface area contributed by atoms with Crippen LogP contribution in [0.15, 0.2) is 91.0 Å². The topological polar surface area (TPSA) is 92.3 Å². The quantitative estimate of drug-likeness (QED) is 0.565. The fourth-order valence-electron chi connectivity index (χ4n) is 4.15. The summed E-state index contributed by atoms with van der Waals surface area (Å²) in [7, 11) is -3.14. The summed E-state index contributed by atoms with van der Waals surface area (Å²) in [5, 5.41) is 5.75. The third-order valence-corrected chi connectivity index (χ3v) is 7.56. The average molecular weight is 463 g/mol. The third kappa shape index (κ3) is 5.68. The van der Waals surface area contributed by atoms with E-state index in [9.17, 15) is 18.0 Å². The molecule has 0 aliphatic carbocycles. The minimum absolute atomic E-state index is 0.0599. The molecule has 0 saturated carbocycles. The number of amides is 2. The van der Waals surface area contributed by atoms with Crippen LogP contribution in [0, 0.1) is 0 Å². The van der Waals surface area contributed by atoms with Crippen LogP contribution in [0.1, 0.15) is 35.1 Å². The highest BCUT2D eigenvalue weighted by atomic mass is 32.2. The Balaban J connectivity index is 1.62. The van der Waals surface area contributed by atoms with Crippen LogP contribution in [-0.2, 0) is 19.4 Å². The van der Waals surface area contributed by atoms with Gasteiger partial charge in [0, 0.05) is 6.04 Å². The molecule has 2 N–H and O–H groups in total. The number of carbonyl (C=O) groups is 2. The van der Waals surface area contributed by atoms with Gasteiger partial charge in [-0.25, -0.2) is 8.42 Å². The van der Waals surface area contributed by atoms with E-state index in [1.165, 1.54) is 0 Å². The van der Waals surface area contributed by atoms with E-state index in [0.717, 1.165) is 11.1 Å². The Morgan fingerprint density at radius 3 is 1.67 bits per heavy atom. The van der Waals surface area contributed by atoms with Gasteiger partial charge in [0.1, 0.15) is 6.04 Å². The Kier molecular flexibility index (Phi) is 6.89. The maximum absolute atomic E-state index is 13.6. The smallest absolute Gasteiger partial charge is 0.247 e. The summed E-state index contributed by atoms with van der Waals surface area (Å²) in [6.07, 6.45) is 0.375. The van der Waals surface area contributed by atoms with Gasteiger partial charge >= 0.3 is 0 Å². The molecule has 0 spiro atoms. The molecule has 1 saturated heterocycles. The number of sulfone groups is 1. The predicted octanol–water partition coefficient (Wildman–Crippen LogP) is 2.98. The third-order valence-electron chi connectivity index (χ3n) is 5.79. The molecular weight excluding hydrogens is 436 g/mol. The predicted molar refractivity (Wildman–Crippen MR) is 127 cm³/mol. The van der Waals surface area contributed by atoms with Crippen LogP contribution in [-0.4, -0.2) is 37.8 Å². The van der Waals surface area contributed by atoms with Crippen LogP contribution in [0.4, 0.5) is 0 Å². The van der Waals surface area contributed by atoms with Crippen LogP contribution in [0.2, 0.25) is 0 Å². The van der Waals surface area contributed by atoms with Gasteiger partial charge in [-0.1, -0.05) is 91.0 Å². The van der Waals surface area contributed by atoms with Crippen molar-refractivity contribution in [2.24, 2.45) is 0 Å². The lowest BCUT2D eigenvalue weighted by molar-refractivity contribution is -0.129. The van der Waals surface area contributed by atoms with Crippen molar-refractivity contribution in [2.75, 3.05) is 11.5 Å². The maximum atomic E-state index is 13.6. The van der Waals surface area contributed by atoms with Gasteiger partial charge in [0.2, 0.25) is 11.8 Å². The van der Waals surface area contributed by atoms with Crippen molar-refractivity contribution in [2.45, 2.75) is 24.4 Å². The first-order valence-corrected chi connectivity index (χ1v) is 12.7. The number of hydrogen-bond donors (Lipinski definition) is 2. The average Bonchev–Trinajstić information content (AvgIpc) is 3.17. The molecule has 6 nitrogen and oxygen atoms in total. The highest BCUT2D eigenvalue weighted by molar-refractivity contribution is 7.91. The van der Waals surface area contributed by atoms with Crippen LogP contribution >= 0.6 is 0 Å². The lowest BCUT2D eigenvalue weighted by atomic mass is 9.90. The fourth-order valence-corrected chi connectivity index (χ4v) is 5.82. The van der Waals surface area contributed by atoms with Crippen molar-refractivity contribution in [3.63, 3.8) is 0 Å². The van der Waals surface area contributed by atoms with Crippen molar-refractivity contribution in [3.05, 3.63) is 108 Å². The minimum atomic E-state index is -3.14. The Morgan fingerprint density at radius 1 is 0.727 bits per heavy atom. The molecule has 1 aliphatic heterocycles. The first kappa shape index (κ1) is 22.7. The van der Waals surface area contributed by atoms with E-state index >= 15 is 0 Å². The SMILES string of the molecule is O=C(N[C@@H](C(=O)NC1CCS(=O)(=O)C1)c1ccccc1)C(c1ccccc1)c1ccccc1. The van der Waals surface area contributed by atoms with Crippen molar-refractivity contribution < 1.29 is 18.0 Å². The van der Waals surface area contributed by atoms with Gasteiger partial charge in [0.15, 0.2) is 9.84 Å². The standard InChI is InChI=1S/C26H26N2O4S/c29-25(23(19-10-4-1-5-11-19)20-12-6-2-7-13-20)28-24(21-14-8-3-9-15-21)26(30)27-22-16-17-33(31,32)18-22/h1-15,22-24H,16-18H2,(H,27,30)(H,28,29)/t22?,24-/m1/s1. The van der Waals surface area contributed by atoms with Crippen LogP contribution < -0.4 is 10.6 Å². The molecular formula is C26H26N2O4S. The summed E-state index contributed by atoms with van der Waals surface area (Å²) in [5.41, 5.74) is 2.26. The van der Waals surface area contributed by atoms with E-state index in [1.54, 1.807) is 24.3 Å². The second-order valence-corrected chi connectivity index (χ2v) is 10.4. The molecule has 0 radical (unpaired) electrons. The van der Waals surface area contributed by atoms with E-state index in [0.29, 0.717) is 12.0 Å². The summed E-state index contributed by atoms with van der Waals surface area (Å²) in [4.78, 5) is 26.8. The van der Waals surface area contributed by atoms with Crippen molar-refractivity contribution in [1.29, 1.82) is 0 Å². The van der Waals surface area contributed by atoms with Gasteiger partial charge in [-0.3, -0.25) is 9.59 Å². The van der Waals surface area contributed by atoms with Gasteiger partial charge in [0.25, 0.3) is 0 Å². The first-order chi connectivity index (χ1) is 15.9. The maximum Gasteiger partial charge on any atom is 0.247 e. The molecule has 1 unspecified atom stereocenters. The summed E-state index contributed by atoms with van der Waals surface area (Å²) < 4.78 is 23.6. The Labute approximate surface area is 194 Å². The van der Waals surface area contributed by atoms with Crippen LogP contribution in [0.5, 0.6) is 0 Å². The second kappa shape index (κ2) is 10.0. The molecule has 1 aliphatic rings. The summed E-state index contributed by atoms with van der Waals surface area (Å²) in [6.45, 7) is 0. The fraction of sp³-hybridized carbons (Fsp3) is 0.231. The summed E-state index contributed by atoms with van der Waals surface area (Å²) in [5.74, 6) is -1.35. The lowest BCUT2D eigenvalue weighted by Crippen LogP contribution is -2.46. The second-order valence-electron chi connectivity index (χ2n) is 8.22. The monoisotopic (exact) mass is 462 g/mol.